The standard InChI is InChI=1S/C18H21BN2O4/c1-14-11-17(24-9-10-25-17)6-7-18(14,19)16(12-20,13-21)5-3-4-8-23-15(2)22/h14H,5-11H2,1-2H3/t14-,18?/m1/s1. The second-order valence-electron chi connectivity index (χ2n) is 6.69. The summed E-state index contributed by atoms with van der Waals surface area (Å²) in [5, 5.41) is 18.5. The minimum Gasteiger partial charge on any atom is -0.453 e. The van der Waals surface area contributed by atoms with Crippen molar-refractivity contribution in [3.8, 4) is 24.0 Å². The van der Waals surface area contributed by atoms with E-state index in [1.807, 2.05) is 6.92 Å². The second kappa shape index (κ2) is 7.48. The molecule has 2 radical (unpaired) electrons. The molecule has 2 atom stereocenters. The molecule has 1 heterocycles. The number of carbonyl (C=O) groups excluding carboxylic acids is 1. The first-order chi connectivity index (χ1) is 11.8. The Morgan fingerprint density at radius 2 is 1.92 bits per heavy atom. The lowest BCUT2D eigenvalue weighted by Crippen LogP contribution is -2.48. The molecule has 1 spiro atoms. The fraction of sp³-hybridized carbons (Fsp3) is 0.722. The molecule has 0 aromatic rings. The molecule has 1 unspecified atom stereocenters. The Kier molecular flexibility index (Phi) is 5.78. The predicted molar refractivity (Wildman–Crippen MR) is 88.8 cm³/mol. The van der Waals surface area contributed by atoms with Crippen molar-refractivity contribution < 1.29 is 19.0 Å². The Bertz CT molecular complexity index is 649. The first kappa shape index (κ1) is 19.3. The predicted octanol–water partition coefficient (Wildman–Crippen LogP) is 1.87. The molecule has 1 saturated heterocycles. The van der Waals surface area contributed by atoms with Crippen molar-refractivity contribution in [2.45, 2.75) is 50.6 Å². The highest BCUT2D eigenvalue weighted by atomic mass is 16.7. The van der Waals surface area contributed by atoms with E-state index in [9.17, 15) is 15.3 Å². The third-order valence-electron chi connectivity index (χ3n) is 5.23. The van der Waals surface area contributed by atoms with Crippen molar-refractivity contribution in [1.29, 1.82) is 10.5 Å². The second-order valence-corrected chi connectivity index (χ2v) is 6.69. The largest absolute Gasteiger partial charge is 0.453 e. The molecule has 2 rings (SSSR count). The lowest BCUT2D eigenvalue weighted by atomic mass is 9.42. The van der Waals surface area contributed by atoms with Gasteiger partial charge in [-0.15, -0.1) is 0 Å². The van der Waals surface area contributed by atoms with Gasteiger partial charge in [-0.3, -0.25) is 4.79 Å². The van der Waals surface area contributed by atoms with Crippen LogP contribution in [0.2, 0.25) is 5.31 Å². The van der Waals surface area contributed by atoms with Gasteiger partial charge in [-0.25, -0.2) is 0 Å². The quantitative estimate of drug-likeness (QED) is 0.442. The molecule has 130 valence electrons. The molecule has 25 heavy (non-hydrogen) atoms. The number of nitriles is 2. The van der Waals surface area contributed by atoms with E-state index >= 15 is 0 Å². The number of esters is 1. The molecule has 2 fully saturated rings. The Balaban J connectivity index is 2.16. The Hall–Kier alpha value is -2.01. The number of hydrogen-bond donors (Lipinski definition) is 0. The Labute approximate surface area is 149 Å². The van der Waals surface area contributed by atoms with Crippen LogP contribution in [0.3, 0.4) is 0 Å². The lowest BCUT2D eigenvalue weighted by Gasteiger charge is -2.51. The third kappa shape index (κ3) is 3.66. The van der Waals surface area contributed by atoms with Crippen LogP contribution in [0, 0.1) is 45.8 Å². The number of ether oxygens (including phenoxy) is 3. The maximum Gasteiger partial charge on any atom is 0.303 e. The van der Waals surface area contributed by atoms with Crippen molar-refractivity contribution in [1.82, 2.24) is 0 Å². The van der Waals surface area contributed by atoms with E-state index in [2.05, 4.69) is 24.0 Å². The van der Waals surface area contributed by atoms with Crippen LogP contribution in [0.4, 0.5) is 0 Å². The molecule has 1 aliphatic heterocycles. The van der Waals surface area contributed by atoms with Crippen LogP contribution in [0.15, 0.2) is 0 Å². The Morgan fingerprint density at radius 1 is 1.28 bits per heavy atom. The third-order valence-corrected chi connectivity index (χ3v) is 5.23. The van der Waals surface area contributed by atoms with Crippen LogP contribution in [0.5, 0.6) is 0 Å². The summed E-state index contributed by atoms with van der Waals surface area (Å²) in [6, 6.07) is 4.21. The van der Waals surface area contributed by atoms with Gasteiger partial charge in [-0.05, 0) is 17.7 Å². The molecule has 1 aliphatic carbocycles. The minimum atomic E-state index is -1.45. The molecule has 0 aromatic heterocycles. The molecule has 2 aliphatic rings. The SMILES string of the molecule is [B]C1(C(C#N)(C#N)CC#CCOC(C)=O)CCC2(C[C@H]1C)OCCO2. The summed E-state index contributed by atoms with van der Waals surface area (Å²) in [4.78, 5) is 10.7. The first-order valence-electron chi connectivity index (χ1n) is 8.31. The summed E-state index contributed by atoms with van der Waals surface area (Å²) >= 11 is 0. The first-order valence-corrected chi connectivity index (χ1v) is 8.31. The fourth-order valence-electron chi connectivity index (χ4n) is 3.65. The molecular formula is C18H21BN2O4. The average Bonchev–Trinajstić information content (AvgIpc) is 3.03. The number of rotatable bonds is 3. The van der Waals surface area contributed by atoms with Gasteiger partial charge in [0.25, 0.3) is 0 Å². The highest BCUT2D eigenvalue weighted by Crippen LogP contribution is 2.60. The number of carbonyl (C=O) groups is 1. The van der Waals surface area contributed by atoms with E-state index in [1.165, 1.54) is 6.92 Å². The number of nitrogens with zero attached hydrogens (tertiary/aromatic N) is 2. The summed E-state index contributed by atoms with van der Waals surface area (Å²) in [6.45, 7) is 4.24. The zero-order valence-corrected chi connectivity index (χ0v) is 14.6. The van der Waals surface area contributed by atoms with E-state index in [0.29, 0.717) is 32.5 Å². The van der Waals surface area contributed by atoms with E-state index in [-0.39, 0.29) is 18.9 Å². The van der Waals surface area contributed by atoms with Gasteiger partial charge in [0.15, 0.2) is 17.8 Å². The van der Waals surface area contributed by atoms with Crippen molar-refractivity contribution in [3.05, 3.63) is 0 Å². The van der Waals surface area contributed by atoms with Crippen molar-refractivity contribution in [2.24, 2.45) is 11.3 Å². The monoisotopic (exact) mass is 340 g/mol. The lowest BCUT2D eigenvalue weighted by molar-refractivity contribution is -0.194. The summed E-state index contributed by atoms with van der Waals surface area (Å²) in [5.74, 6) is 4.20. The molecule has 6 nitrogen and oxygen atoms in total. The normalized spacial score (nSPS) is 27.6. The van der Waals surface area contributed by atoms with Crippen molar-refractivity contribution in [2.75, 3.05) is 19.8 Å². The van der Waals surface area contributed by atoms with E-state index < -0.39 is 22.5 Å². The van der Waals surface area contributed by atoms with Crippen LogP contribution in [-0.2, 0) is 19.0 Å². The van der Waals surface area contributed by atoms with Gasteiger partial charge >= 0.3 is 5.97 Å². The van der Waals surface area contributed by atoms with Gasteiger partial charge < -0.3 is 14.2 Å². The zero-order chi connectivity index (χ0) is 18.6. The fourth-order valence-corrected chi connectivity index (χ4v) is 3.65. The molecule has 1 saturated carbocycles. The van der Waals surface area contributed by atoms with Gasteiger partial charge in [0.2, 0.25) is 0 Å². The highest BCUT2D eigenvalue weighted by molar-refractivity contribution is 6.16. The van der Waals surface area contributed by atoms with Crippen LogP contribution >= 0.6 is 0 Å². The van der Waals surface area contributed by atoms with Crippen LogP contribution in [-0.4, -0.2) is 39.4 Å². The molecule has 0 N–H and O–H groups in total. The van der Waals surface area contributed by atoms with E-state index in [1.54, 1.807) is 0 Å². The molecule has 7 heteroatoms. The molecule has 0 aromatic carbocycles. The van der Waals surface area contributed by atoms with Crippen molar-refractivity contribution >= 4 is 13.8 Å². The summed E-state index contributed by atoms with van der Waals surface area (Å²) in [5.41, 5.74) is -1.45. The maximum atomic E-state index is 10.7. The minimum absolute atomic E-state index is 0.00316. The summed E-state index contributed by atoms with van der Waals surface area (Å²) in [6.07, 6.45) is 1.51. The van der Waals surface area contributed by atoms with Gasteiger partial charge in [-0.1, -0.05) is 18.8 Å². The Morgan fingerprint density at radius 3 is 2.44 bits per heavy atom. The van der Waals surface area contributed by atoms with Gasteiger partial charge in [0.1, 0.15) is 0 Å². The van der Waals surface area contributed by atoms with Gasteiger partial charge in [-0.2, -0.15) is 10.5 Å². The summed E-state index contributed by atoms with van der Waals surface area (Å²) in [7, 11) is 6.61. The van der Waals surface area contributed by atoms with Crippen LogP contribution in [0.1, 0.15) is 39.5 Å². The number of hydrogen-bond acceptors (Lipinski definition) is 6. The zero-order valence-electron chi connectivity index (χ0n) is 14.6. The van der Waals surface area contributed by atoms with E-state index in [4.69, 9.17) is 22.1 Å². The summed E-state index contributed by atoms with van der Waals surface area (Å²) < 4.78 is 16.2. The topological polar surface area (TPSA) is 92.3 Å². The van der Waals surface area contributed by atoms with Crippen LogP contribution in [0.25, 0.3) is 0 Å². The molecule has 0 bridgehead atoms. The molecule has 0 amide bonds. The van der Waals surface area contributed by atoms with Gasteiger partial charge in [0.05, 0.1) is 33.2 Å². The average molecular weight is 340 g/mol. The van der Waals surface area contributed by atoms with E-state index in [0.717, 1.165) is 0 Å². The smallest absolute Gasteiger partial charge is 0.303 e. The molecular weight excluding hydrogens is 319 g/mol. The highest BCUT2D eigenvalue weighted by Gasteiger charge is 2.57. The van der Waals surface area contributed by atoms with Crippen LogP contribution < -0.4 is 0 Å². The maximum absolute atomic E-state index is 10.7. The van der Waals surface area contributed by atoms with Crippen molar-refractivity contribution in [3.63, 3.8) is 0 Å². The van der Waals surface area contributed by atoms with Gasteiger partial charge in [0, 0.05) is 26.2 Å².